The van der Waals surface area contributed by atoms with Crippen molar-refractivity contribution in [3.8, 4) is 11.5 Å². The molecule has 1 aromatic heterocycles. The first-order chi connectivity index (χ1) is 14.4. The molecule has 4 saturated carbocycles. The lowest BCUT2D eigenvalue weighted by Crippen LogP contribution is -2.60. The predicted octanol–water partition coefficient (Wildman–Crippen LogP) is 4.54. The highest BCUT2D eigenvalue weighted by atomic mass is 35.5. The van der Waals surface area contributed by atoms with Gasteiger partial charge in [-0.2, -0.15) is 0 Å². The summed E-state index contributed by atoms with van der Waals surface area (Å²) >= 11 is 12.2. The fourth-order valence-corrected chi connectivity index (χ4v) is 6.79. The molecule has 1 aromatic carbocycles. The van der Waals surface area contributed by atoms with Crippen LogP contribution in [0.15, 0.2) is 18.5 Å². The van der Waals surface area contributed by atoms with Gasteiger partial charge in [-0.15, -0.1) is 5.10 Å². The number of hydrogen-bond donors (Lipinski definition) is 1. The molecule has 7 nitrogen and oxygen atoms in total. The summed E-state index contributed by atoms with van der Waals surface area (Å²) in [5.41, 5.74) is -0.0682. The SMILES string of the molecule is COc1cc(NC(=O)C23CC4CC(C2)CC(n2cnc(Cl)n2)(C4)C3)c(OC)cc1Cl. The Balaban J connectivity index is 1.48. The van der Waals surface area contributed by atoms with Gasteiger partial charge in [-0.25, -0.2) is 9.67 Å². The zero-order valence-corrected chi connectivity index (χ0v) is 18.5. The quantitative estimate of drug-likeness (QED) is 0.723. The summed E-state index contributed by atoms with van der Waals surface area (Å²) in [5, 5.41) is 8.23. The van der Waals surface area contributed by atoms with Crippen LogP contribution in [-0.4, -0.2) is 34.9 Å². The van der Waals surface area contributed by atoms with Gasteiger partial charge in [0.25, 0.3) is 0 Å². The van der Waals surface area contributed by atoms with Gasteiger partial charge in [0.1, 0.15) is 17.8 Å². The van der Waals surface area contributed by atoms with Crippen LogP contribution in [-0.2, 0) is 10.3 Å². The molecule has 2 atom stereocenters. The minimum atomic E-state index is -0.444. The number of ether oxygens (including phenoxy) is 2. The highest BCUT2D eigenvalue weighted by Gasteiger charge is 2.61. The number of anilines is 1. The van der Waals surface area contributed by atoms with E-state index in [-0.39, 0.29) is 16.7 Å². The molecular formula is C21H24Cl2N4O3. The van der Waals surface area contributed by atoms with Crippen LogP contribution in [0.4, 0.5) is 5.69 Å². The summed E-state index contributed by atoms with van der Waals surface area (Å²) in [7, 11) is 3.10. The second kappa shape index (κ2) is 7.02. The molecule has 0 spiro atoms. The Hall–Kier alpha value is -1.99. The fraction of sp³-hybridized carbons (Fsp3) is 0.571. The summed E-state index contributed by atoms with van der Waals surface area (Å²) in [4.78, 5) is 17.8. The molecule has 4 aliphatic carbocycles. The van der Waals surface area contributed by atoms with E-state index in [4.69, 9.17) is 32.7 Å². The maximum atomic E-state index is 13.7. The number of amides is 1. The van der Waals surface area contributed by atoms with Crippen LogP contribution >= 0.6 is 23.2 Å². The highest BCUT2D eigenvalue weighted by Crippen LogP contribution is 2.64. The first-order valence-electron chi connectivity index (χ1n) is 10.2. The average molecular weight is 451 g/mol. The Morgan fingerprint density at radius 3 is 2.43 bits per heavy atom. The van der Waals surface area contributed by atoms with E-state index in [9.17, 15) is 4.79 Å². The van der Waals surface area contributed by atoms with Gasteiger partial charge in [0.2, 0.25) is 11.2 Å². The van der Waals surface area contributed by atoms with E-state index in [0.29, 0.717) is 34.0 Å². The third-order valence-electron chi connectivity index (χ3n) is 7.18. The molecule has 2 unspecified atom stereocenters. The largest absolute Gasteiger partial charge is 0.495 e. The van der Waals surface area contributed by atoms with Gasteiger partial charge in [-0.05, 0) is 62.0 Å². The summed E-state index contributed by atoms with van der Waals surface area (Å²) in [6.45, 7) is 0. The number of rotatable bonds is 5. The summed E-state index contributed by atoms with van der Waals surface area (Å²) < 4.78 is 12.7. The van der Waals surface area contributed by atoms with Gasteiger partial charge in [0.15, 0.2) is 0 Å². The van der Waals surface area contributed by atoms with Gasteiger partial charge in [-0.3, -0.25) is 4.79 Å². The van der Waals surface area contributed by atoms with Crippen molar-refractivity contribution in [3.05, 3.63) is 28.8 Å². The fourth-order valence-electron chi connectivity index (χ4n) is 6.43. The Kier molecular flexibility index (Phi) is 4.67. The van der Waals surface area contributed by atoms with Gasteiger partial charge in [0.05, 0.1) is 35.9 Å². The minimum absolute atomic E-state index is 0.0230. The predicted molar refractivity (Wildman–Crippen MR) is 113 cm³/mol. The zero-order chi connectivity index (χ0) is 21.1. The van der Waals surface area contributed by atoms with E-state index in [1.807, 2.05) is 4.68 Å². The van der Waals surface area contributed by atoms with E-state index < -0.39 is 5.41 Å². The first-order valence-corrected chi connectivity index (χ1v) is 10.9. The van der Waals surface area contributed by atoms with E-state index in [2.05, 4.69) is 15.4 Å². The zero-order valence-electron chi connectivity index (χ0n) is 17.0. The van der Waals surface area contributed by atoms with Crippen LogP contribution in [0.1, 0.15) is 38.5 Å². The number of methoxy groups -OCH3 is 2. The van der Waals surface area contributed by atoms with Crippen molar-refractivity contribution >= 4 is 34.8 Å². The average Bonchev–Trinajstić information content (AvgIpc) is 3.15. The van der Waals surface area contributed by atoms with E-state index in [1.165, 1.54) is 6.42 Å². The lowest BCUT2D eigenvalue weighted by molar-refractivity contribution is -0.150. The minimum Gasteiger partial charge on any atom is -0.495 e. The molecule has 4 fully saturated rings. The molecule has 30 heavy (non-hydrogen) atoms. The van der Waals surface area contributed by atoms with Crippen molar-refractivity contribution in [2.75, 3.05) is 19.5 Å². The molecule has 9 heteroatoms. The Bertz CT molecular complexity index is 994. The van der Waals surface area contributed by atoms with E-state index >= 15 is 0 Å². The molecule has 160 valence electrons. The maximum Gasteiger partial charge on any atom is 0.242 e. The van der Waals surface area contributed by atoms with Crippen molar-refractivity contribution in [3.63, 3.8) is 0 Å². The number of carbonyl (C=O) groups is 1. The lowest BCUT2D eigenvalue weighted by atomic mass is 9.46. The van der Waals surface area contributed by atoms with Crippen LogP contribution in [0.25, 0.3) is 0 Å². The topological polar surface area (TPSA) is 78.3 Å². The van der Waals surface area contributed by atoms with E-state index in [1.54, 1.807) is 32.7 Å². The molecular weight excluding hydrogens is 427 g/mol. The van der Waals surface area contributed by atoms with Crippen LogP contribution in [0, 0.1) is 17.3 Å². The molecule has 4 bridgehead atoms. The monoisotopic (exact) mass is 450 g/mol. The Morgan fingerprint density at radius 2 is 1.83 bits per heavy atom. The third kappa shape index (κ3) is 3.05. The third-order valence-corrected chi connectivity index (χ3v) is 7.65. The molecule has 2 aromatic rings. The molecule has 1 heterocycles. The van der Waals surface area contributed by atoms with Gasteiger partial charge in [-0.1, -0.05) is 11.6 Å². The number of benzene rings is 1. The molecule has 1 amide bonds. The highest BCUT2D eigenvalue weighted by molar-refractivity contribution is 6.32. The molecule has 6 rings (SSSR count). The maximum absolute atomic E-state index is 13.7. The molecule has 0 aliphatic heterocycles. The molecule has 0 saturated heterocycles. The van der Waals surface area contributed by atoms with Crippen molar-refractivity contribution in [1.29, 1.82) is 0 Å². The number of carbonyl (C=O) groups excluding carboxylic acids is 1. The molecule has 1 N–H and O–H groups in total. The second-order valence-electron chi connectivity index (χ2n) is 9.07. The van der Waals surface area contributed by atoms with Gasteiger partial charge in [0, 0.05) is 12.1 Å². The lowest BCUT2D eigenvalue weighted by Gasteiger charge is -2.60. The van der Waals surface area contributed by atoms with Crippen LogP contribution in [0.2, 0.25) is 10.3 Å². The molecule has 4 aliphatic rings. The van der Waals surface area contributed by atoms with Gasteiger partial charge < -0.3 is 14.8 Å². The normalized spacial score (nSPS) is 31.6. The number of halogens is 2. The van der Waals surface area contributed by atoms with Gasteiger partial charge >= 0.3 is 0 Å². The van der Waals surface area contributed by atoms with Crippen LogP contribution in [0.5, 0.6) is 11.5 Å². The van der Waals surface area contributed by atoms with Crippen LogP contribution in [0.3, 0.4) is 0 Å². The van der Waals surface area contributed by atoms with Crippen molar-refractivity contribution < 1.29 is 14.3 Å². The van der Waals surface area contributed by atoms with Crippen LogP contribution < -0.4 is 14.8 Å². The van der Waals surface area contributed by atoms with Crippen molar-refractivity contribution in [2.45, 2.75) is 44.1 Å². The summed E-state index contributed by atoms with van der Waals surface area (Å²) in [6.07, 6.45) is 7.47. The first kappa shape index (κ1) is 19.9. The number of nitrogens with zero attached hydrogens (tertiary/aromatic N) is 3. The van der Waals surface area contributed by atoms with Crippen molar-refractivity contribution in [1.82, 2.24) is 14.8 Å². The number of aromatic nitrogens is 3. The standard InChI is InChI=1S/C21H24Cl2N4O3/c1-29-16-5-15(17(30-2)4-14(16)22)25-18(28)20-6-12-3-13(7-20)9-21(8-12,10-20)27-11-24-19(23)26-27/h4-5,11-13H,3,6-10H2,1-2H3,(H,25,28). The number of hydrogen-bond acceptors (Lipinski definition) is 5. The second-order valence-corrected chi connectivity index (χ2v) is 9.81. The van der Waals surface area contributed by atoms with Crippen molar-refractivity contribution in [2.24, 2.45) is 17.3 Å². The smallest absolute Gasteiger partial charge is 0.242 e. The Morgan fingerprint density at radius 1 is 1.13 bits per heavy atom. The Labute approximate surface area is 185 Å². The summed E-state index contributed by atoms with van der Waals surface area (Å²) in [5.74, 6) is 2.03. The van der Waals surface area contributed by atoms with E-state index in [0.717, 1.165) is 32.1 Å². The molecule has 0 radical (unpaired) electrons. The number of nitrogens with one attached hydrogen (secondary N) is 1. The summed E-state index contributed by atoms with van der Waals surface area (Å²) in [6, 6.07) is 3.38.